The number of nitrogens with one attached hydrogen (secondary N) is 4. The van der Waals surface area contributed by atoms with E-state index in [0.717, 1.165) is 25.7 Å². The van der Waals surface area contributed by atoms with E-state index in [1.165, 1.54) is 0 Å². The summed E-state index contributed by atoms with van der Waals surface area (Å²) >= 11 is 0. The standard InChI is InChI=1S/2C8H16N2O4/c2*11-7(9-13)5-3-1-2-4-6-8(12)10-14/h2*13-14H,1-6H2,(H,9,11)(H,10,12). The fraction of sp³-hybridized carbons (Fsp3) is 0.750. The SMILES string of the molecule is O=C(CCCCCCC(=O)NO)NO.O=C(CCCCCCC(=O)NO)NO. The van der Waals surface area contributed by atoms with Crippen LogP contribution < -0.4 is 21.9 Å². The van der Waals surface area contributed by atoms with Crippen molar-refractivity contribution in [2.45, 2.75) is 77.0 Å². The lowest BCUT2D eigenvalue weighted by Gasteiger charge is -2.00. The average Bonchev–Trinajstić information content (AvgIpc) is 2.72. The second-order valence-electron chi connectivity index (χ2n) is 5.97. The zero-order valence-corrected chi connectivity index (χ0v) is 15.9. The molecule has 0 aliphatic carbocycles. The number of hydroxylamine groups is 4. The molecule has 0 unspecified atom stereocenters. The second kappa shape index (κ2) is 21.0. The Labute approximate surface area is 163 Å². The first-order chi connectivity index (χ1) is 13.4. The van der Waals surface area contributed by atoms with Gasteiger partial charge in [-0.3, -0.25) is 40.0 Å². The number of unbranched alkanes of at least 4 members (excludes halogenated alkanes) is 6. The number of carbonyl (C=O) groups is 4. The summed E-state index contributed by atoms with van der Waals surface area (Å²) in [7, 11) is 0. The molecule has 12 nitrogen and oxygen atoms in total. The van der Waals surface area contributed by atoms with Gasteiger partial charge in [0, 0.05) is 25.7 Å². The van der Waals surface area contributed by atoms with E-state index in [1.807, 2.05) is 0 Å². The Kier molecular flexibility index (Phi) is 21.0. The minimum Gasteiger partial charge on any atom is -0.289 e. The van der Waals surface area contributed by atoms with E-state index in [9.17, 15) is 19.2 Å². The van der Waals surface area contributed by atoms with Gasteiger partial charge in [-0.1, -0.05) is 25.7 Å². The summed E-state index contributed by atoms with van der Waals surface area (Å²) in [6.45, 7) is 0. The predicted molar refractivity (Wildman–Crippen MR) is 95.1 cm³/mol. The van der Waals surface area contributed by atoms with Crippen molar-refractivity contribution in [1.82, 2.24) is 21.9 Å². The van der Waals surface area contributed by atoms with E-state index >= 15 is 0 Å². The molecule has 28 heavy (non-hydrogen) atoms. The summed E-state index contributed by atoms with van der Waals surface area (Å²) in [5, 5.41) is 32.6. The molecule has 4 amide bonds. The number of amides is 4. The van der Waals surface area contributed by atoms with Gasteiger partial charge in [0.25, 0.3) is 0 Å². The Bertz CT molecular complexity index is 368. The van der Waals surface area contributed by atoms with Crippen LogP contribution in [0.2, 0.25) is 0 Å². The highest BCUT2D eigenvalue weighted by Crippen LogP contribution is 2.05. The van der Waals surface area contributed by atoms with E-state index in [0.29, 0.717) is 51.4 Å². The van der Waals surface area contributed by atoms with Crippen molar-refractivity contribution < 1.29 is 40.0 Å². The molecule has 0 aliphatic rings. The molecule has 8 N–H and O–H groups in total. The number of rotatable bonds is 14. The van der Waals surface area contributed by atoms with Crippen LogP contribution >= 0.6 is 0 Å². The van der Waals surface area contributed by atoms with Crippen LogP contribution in [0.4, 0.5) is 0 Å². The zero-order chi connectivity index (χ0) is 21.6. The van der Waals surface area contributed by atoms with Gasteiger partial charge >= 0.3 is 0 Å². The van der Waals surface area contributed by atoms with Gasteiger partial charge < -0.3 is 0 Å². The third-order valence-electron chi connectivity index (χ3n) is 3.61. The minimum absolute atomic E-state index is 0.294. The quantitative estimate of drug-likeness (QED) is 0.116. The van der Waals surface area contributed by atoms with E-state index < -0.39 is 23.6 Å². The van der Waals surface area contributed by atoms with Crippen LogP contribution in [-0.2, 0) is 19.2 Å². The van der Waals surface area contributed by atoms with Crippen LogP contribution in [0.5, 0.6) is 0 Å². The van der Waals surface area contributed by atoms with E-state index in [1.54, 1.807) is 21.9 Å². The number of hydrogen-bond donors (Lipinski definition) is 8. The highest BCUT2D eigenvalue weighted by molar-refractivity contribution is 5.75. The van der Waals surface area contributed by atoms with Crippen LogP contribution in [0.25, 0.3) is 0 Å². The lowest BCUT2D eigenvalue weighted by atomic mass is 10.1. The van der Waals surface area contributed by atoms with E-state index in [4.69, 9.17) is 20.8 Å². The Morgan fingerprint density at radius 2 is 0.571 bits per heavy atom. The highest BCUT2D eigenvalue weighted by Gasteiger charge is 2.01. The van der Waals surface area contributed by atoms with Gasteiger partial charge in [-0.15, -0.1) is 0 Å². The summed E-state index contributed by atoms with van der Waals surface area (Å²) in [6, 6.07) is 0. The van der Waals surface area contributed by atoms with Crippen LogP contribution in [0.1, 0.15) is 77.0 Å². The molecule has 0 spiro atoms. The van der Waals surface area contributed by atoms with Crippen molar-refractivity contribution in [1.29, 1.82) is 0 Å². The van der Waals surface area contributed by atoms with Crippen molar-refractivity contribution >= 4 is 23.6 Å². The van der Waals surface area contributed by atoms with Crippen LogP contribution in [0.15, 0.2) is 0 Å². The molecule has 0 saturated heterocycles. The normalized spacial score (nSPS) is 9.57. The first-order valence-corrected chi connectivity index (χ1v) is 9.13. The van der Waals surface area contributed by atoms with E-state index in [-0.39, 0.29) is 0 Å². The molecule has 0 aliphatic heterocycles. The first kappa shape index (κ1) is 27.9. The highest BCUT2D eigenvalue weighted by atomic mass is 16.5. The molecule has 0 aromatic carbocycles. The van der Waals surface area contributed by atoms with E-state index in [2.05, 4.69) is 0 Å². The lowest BCUT2D eigenvalue weighted by Crippen LogP contribution is -2.18. The third kappa shape index (κ3) is 21.8. The summed E-state index contributed by atoms with van der Waals surface area (Å²) < 4.78 is 0. The Hall–Kier alpha value is -2.28. The van der Waals surface area contributed by atoms with Gasteiger partial charge in [-0.05, 0) is 25.7 Å². The average molecular weight is 408 g/mol. The molecule has 164 valence electrons. The predicted octanol–water partition coefficient (Wildman–Crippen LogP) is 0.676. The second-order valence-corrected chi connectivity index (χ2v) is 5.97. The molecule has 12 heteroatoms. The molecule has 0 rings (SSSR count). The fourth-order valence-corrected chi connectivity index (χ4v) is 2.07. The maximum atomic E-state index is 10.5. The number of carbonyl (C=O) groups excluding carboxylic acids is 4. The molecular weight excluding hydrogens is 376 g/mol. The van der Waals surface area contributed by atoms with Crippen molar-refractivity contribution in [3.05, 3.63) is 0 Å². The van der Waals surface area contributed by atoms with Crippen LogP contribution in [-0.4, -0.2) is 44.5 Å². The van der Waals surface area contributed by atoms with Crippen molar-refractivity contribution in [2.75, 3.05) is 0 Å². The first-order valence-electron chi connectivity index (χ1n) is 9.13. The van der Waals surface area contributed by atoms with Crippen molar-refractivity contribution in [3.8, 4) is 0 Å². The van der Waals surface area contributed by atoms with Gasteiger partial charge in [0.1, 0.15) is 0 Å². The topological polar surface area (TPSA) is 197 Å². The molecule has 0 fully saturated rings. The van der Waals surface area contributed by atoms with Gasteiger partial charge in [0.15, 0.2) is 0 Å². The zero-order valence-electron chi connectivity index (χ0n) is 15.9. The van der Waals surface area contributed by atoms with Gasteiger partial charge in [-0.2, -0.15) is 0 Å². The largest absolute Gasteiger partial charge is 0.289 e. The molecule has 0 heterocycles. The van der Waals surface area contributed by atoms with Gasteiger partial charge in [0.05, 0.1) is 0 Å². The molecular formula is C16H32N4O8. The molecule has 0 aromatic rings. The maximum Gasteiger partial charge on any atom is 0.243 e. The van der Waals surface area contributed by atoms with Gasteiger partial charge in [-0.25, -0.2) is 21.9 Å². The molecule has 0 aromatic heterocycles. The Morgan fingerprint density at radius 1 is 0.393 bits per heavy atom. The van der Waals surface area contributed by atoms with Crippen LogP contribution in [0.3, 0.4) is 0 Å². The van der Waals surface area contributed by atoms with Crippen molar-refractivity contribution in [2.24, 2.45) is 0 Å². The summed E-state index contributed by atoms with van der Waals surface area (Å²) in [6.07, 6.45) is 7.23. The maximum absolute atomic E-state index is 10.5. The third-order valence-corrected chi connectivity index (χ3v) is 3.61. The molecule has 0 radical (unpaired) electrons. The molecule has 0 bridgehead atoms. The smallest absolute Gasteiger partial charge is 0.243 e. The summed E-state index contributed by atoms with van der Waals surface area (Å²) in [5.74, 6) is -1.56. The molecule has 0 saturated carbocycles. The van der Waals surface area contributed by atoms with Crippen LogP contribution in [0, 0.1) is 0 Å². The summed E-state index contributed by atoms with van der Waals surface area (Å²) in [5.41, 5.74) is 6.19. The molecule has 0 atom stereocenters. The summed E-state index contributed by atoms with van der Waals surface area (Å²) in [4.78, 5) is 42.2. The lowest BCUT2D eigenvalue weighted by molar-refractivity contribution is -0.130. The minimum atomic E-state index is -0.391. The Balaban J connectivity index is 0. The Morgan fingerprint density at radius 3 is 0.714 bits per heavy atom. The number of hydrogen-bond acceptors (Lipinski definition) is 8. The monoisotopic (exact) mass is 408 g/mol. The van der Waals surface area contributed by atoms with Gasteiger partial charge in [0.2, 0.25) is 23.6 Å². The fourth-order valence-electron chi connectivity index (χ4n) is 2.07. The van der Waals surface area contributed by atoms with Crippen molar-refractivity contribution in [3.63, 3.8) is 0 Å².